The highest BCUT2D eigenvalue weighted by Crippen LogP contribution is 2.25. The lowest BCUT2D eigenvalue weighted by Crippen LogP contribution is -2.29. The maximum Gasteiger partial charge on any atom is 0.335 e. The first kappa shape index (κ1) is 14.8. The molecule has 0 amide bonds. The number of hydrogen-bond acceptors (Lipinski definition) is 4. The Morgan fingerprint density at radius 3 is 2.74 bits per heavy atom. The van der Waals surface area contributed by atoms with Crippen LogP contribution >= 0.6 is 0 Å². The van der Waals surface area contributed by atoms with Crippen LogP contribution < -0.4 is 10.6 Å². The first-order valence-electron chi connectivity index (χ1n) is 6.20. The van der Waals surface area contributed by atoms with Gasteiger partial charge in [-0.15, -0.1) is 0 Å². The lowest BCUT2D eigenvalue weighted by molar-refractivity contribution is 0.0697. The minimum Gasteiger partial charge on any atom is -0.478 e. The molecule has 102 valence electrons. The van der Waals surface area contributed by atoms with Gasteiger partial charge in [-0.1, -0.05) is 13.8 Å². The average Bonchev–Trinajstić information content (AvgIpc) is 2.34. The molecule has 5 heteroatoms. The molecule has 1 aromatic rings. The van der Waals surface area contributed by atoms with Crippen molar-refractivity contribution in [1.29, 1.82) is 5.26 Å². The summed E-state index contributed by atoms with van der Waals surface area (Å²) in [6, 6.07) is 6.75. The number of carboxylic acid groups (broad SMARTS) is 1. The van der Waals surface area contributed by atoms with E-state index >= 15 is 0 Å². The predicted molar refractivity (Wildman–Crippen MR) is 75.1 cm³/mol. The third kappa shape index (κ3) is 4.18. The van der Waals surface area contributed by atoms with Crippen LogP contribution in [-0.2, 0) is 0 Å². The molecule has 19 heavy (non-hydrogen) atoms. The number of nitrogens with two attached hydrogens (primary N) is 1. The monoisotopic (exact) mass is 261 g/mol. The number of nitrogens with zero attached hydrogens (tertiary/aromatic N) is 2. The van der Waals surface area contributed by atoms with Crippen molar-refractivity contribution >= 4 is 17.3 Å². The van der Waals surface area contributed by atoms with Crippen LogP contribution in [0.3, 0.4) is 0 Å². The van der Waals surface area contributed by atoms with Crippen molar-refractivity contribution < 1.29 is 9.90 Å². The molecular weight excluding hydrogens is 242 g/mol. The molecule has 0 unspecified atom stereocenters. The second kappa shape index (κ2) is 6.64. The van der Waals surface area contributed by atoms with Gasteiger partial charge in [0.15, 0.2) is 0 Å². The molecule has 3 N–H and O–H groups in total. The van der Waals surface area contributed by atoms with Gasteiger partial charge in [0.05, 0.1) is 29.4 Å². The average molecular weight is 261 g/mol. The third-order valence-corrected chi connectivity index (χ3v) is 2.70. The molecule has 0 aromatic heterocycles. The molecule has 0 bridgehead atoms. The number of carbonyl (C=O) groups is 1. The zero-order valence-corrected chi connectivity index (χ0v) is 11.3. The fourth-order valence-electron chi connectivity index (χ4n) is 1.89. The van der Waals surface area contributed by atoms with Gasteiger partial charge in [-0.05, 0) is 24.1 Å². The van der Waals surface area contributed by atoms with Gasteiger partial charge < -0.3 is 15.7 Å². The van der Waals surface area contributed by atoms with E-state index in [1.54, 1.807) is 12.1 Å². The quantitative estimate of drug-likeness (QED) is 0.767. The molecule has 0 radical (unpaired) electrons. The van der Waals surface area contributed by atoms with E-state index in [0.717, 1.165) is 6.54 Å². The molecule has 0 heterocycles. The Morgan fingerprint density at radius 2 is 2.21 bits per heavy atom. The number of anilines is 2. The van der Waals surface area contributed by atoms with Gasteiger partial charge in [-0.25, -0.2) is 4.79 Å². The normalized spacial score (nSPS) is 10.2. The summed E-state index contributed by atoms with van der Waals surface area (Å²) >= 11 is 0. The first-order chi connectivity index (χ1) is 8.95. The van der Waals surface area contributed by atoms with Gasteiger partial charge in [-0.3, -0.25) is 0 Å². The minimum absolute atomic E-state index is 0.204. The molecule has 0 aliphatic rings. The summed E-state index contributed by atoms with van der Waals surface area (Å²) in [6.45, 7) is 5.41. The lowest BCUT2D eigenvalue weighted by Gasteiger charge is -2.27. The largest absolute Gasteiger partial charge is 0.478 e. The lowest BCUT2D eigenvalue weighted by atomic mass is 10.1. The van der Waals surface area contributed by atoms with Crippen molar-refractivity contribution in [1.82, 2.24) is 0 Å². The number of rotatable bonds is 6. The molecule has 0 aliphatic heterocycles. The molecule has 0 atom stereocenters. The van der Waals surface area contributed by atoms with E-state index in [4.69, 9.17) is 16.1 Å². The van der Waals surface area contributed by atoms with Gasteiger partial charge in [0.2, 0.25) is 0 Å². The smallest absolute Gasteiger partial charge is 0.335 e. The number of carboxylic acids is 1. The Bertz CT molecular complexity index is 492. The van der Waals surface area contributed by atoms with E-state index in [1.807, 2.05) is 4.90 Å². The van der Waals surface area contributed by atoms with Crippen LogP contribution in [0.1, 0.15) is 30.6 Å². The summed E-state index contributed by atoms with van der Waals surface area (Å²) in [5, 5.41) is 17.7. The van der Waals surface area contributed by atoms with Crippen molar-refractivity contribution in [2.45, 2.75) is 20.3 Å². The van der Waals surface area contributed by atoms with Crippen LogP contribution in [0.15, 0.2) is 18.2 Å². The van der Waals surface area contributed by atoms with Gasteiger partial charge in [0, 0.05) is 13.1 Å². The second-order valence-electron chi connectivity index (χ2n) is 4.83. The standard InChI is InChI=1S/C14H19N3O2/c1-10(2)9-17(7-3-6-15)13-8-11(14(18)19)4-5-12(13)16/h4-5,8,10H,3,7,9,16H2,1-2H3,(H,18,19). The summed E-state index contributed by atoms with van der Waals surface area (Å²) in [5.74, 6) is -0.586. The van der Waals surface area contributed by atoms with Gasteiger partial charge in [0.1, 0.15) is 0 Å². The summed E-state index contributed by atoms with van der Waals surface area (Å²) in [7, 11) is 0. The number of hydrogen-bond donors (Lipinski definition) is 2. The minimum atomic E-state index is -0.981. The number of benzene rings is 1. The molecule has 1 aromatic carbocycles. The molecule has 1 rings (SSSR count). The Kier molecular flexibility index (Phi) is 5.19. The molecule has 0 saturated heterocycles. The van der Waals surface area contributed by atoms with Crippen LogP contribution in [0.25, 0.3) is 0 Å². The molecule has 0 fully saturated rings. The van der Waals surface area contributed by atoms with E-state index < -0.39 is 5.97 Å². The Balaban J connectivity index is 3.09. The van der Waals surface area contributed by atoms with E-state index in [-0.39, 0.29) is 5.56 Å². The van der Waals surface area contributed by atoms with E-state index in [0.29, 0.717) is 30.3 Å². The first-order valence-corrected chi connectivity index (χ1v) is 6.20. The van der Waals surface area contributed by atoms with Crippen LogP contribution in [0, 0.1) is 17.2 Å². The molecule has 0 saturated carbocycles. The fraction of sp³-hybridized carbons (Fsp3) is 0.429. The highest BCUT2D eigenvalue weighted by Gasteiger charge is 2.14. The van der Waals surface area contributed by atoms with Crippen LogP contribution in [0.2, 0.25) is 0 Å². The second-order valence-corrected chi connectivity index (χ2v) is 4.83. The Morgan fingerprint density at radius 1 is 1.53 bits per heavy atom. The zero-order valence-electron chi connectivity index (χ0n) is 11.3. The highest BCUT2D eigenvalue weighted by molar-refractivity contribution is 5.90. The van der Waals surface area contributed by atoms with E-state index in [2.05, 4.69) is 19.9 Å². The van der Waals surface area contributed by atoms with E-state index in [1.165, 1.54) is 6.07 Å². The number of nitrogen functional groups attached to an aromatic ring is 1. The molecular formula is C14H19N3O2. The van der Waals surface area contributed by atoms with Crippen LogP contribution in [0.5, 0.6) is 0 Å². The maximum absolute atomic E-state index is 11.0. The predicted octanol–water partition coefficient (Wildman–Crippen LogP) is 2.34. The molecule has 0 aliphatic carbocycles. The Labute approximate surface area is 113 Å². The SMILES string of the molecule is CC(C)CN(CCC#N)c1cc(C(=O)O)ccc1N. The van der Waals surface area contributed by atoms with Crippen LogP contribution in [0.4, 0.5) is 11.4 Å². The summed E-state index contributed by atoms with van der Waals surface area (Å²) in [5.41, 5.74) is 7.34. The van der Waals surface area contributed by atoms with Crippen LogP contribution in [-0.4, -0.2) is 24.2 Å². The van der Waals surface area contributed by atoms with Gasteiger partial charge in [-0.2, -0.15) is 5.26 Å². The van der Waals surface area contributed by atoms with Crippen molar-refractivity contribution in [3.8, 4) is 6.07 Å². The summed E-state index contributed by atoms with van der Waals surface area (Å²) in [6.07, 6.45) is 0.378. The number of aromatic carboxylic acids is 1. The van der Waals surface area contributed by atoms with E-state index in [9.17, 15) is 4.79 Å². The summed E-state index contributed by atoms with van der Waals surface area (Å²) < 4.78 is 0. The number of nitriles is 1. The molecule has 5 nitrogen and oxygen atoms in total. The maximum atomic E-state index is 11.0. The fourth-order valence-corrected chi connectivity index (χ4v) is 1.89. The summed E-state index contributed by atoms with van der Waals surface area (Å²) in [4.78, 5) is 13.0. The van der Waals surface area contributed by atoms with Crippen molar-refractivity contribution in [3.63, 3.8) is 0 Å². The molecule has 0 spiro atoms. The highest BCUT2D eigenvalue weighted by atomic mass is 16.4. The van der Waals surface area contributed by atoms with Gasteiger partial charge in [0.25, 0.3) is 0 Å². The Hall–Kier alpha value is -2.22. The third-order valence-electron chi connectivity index (χ3n) is 2.70. The van der Waals surface area contributed by atoms with Crippen molar-refractivity contribution in [2.75, 3.05) is 23.7 Å². The topological polar surface area (TPSA) is 90.3 Å². The van der Waals surface area contributed by atoms with Crippen molar-refractivity contribution in [3.05, 3.63) is 23.8 Å². The zero-order chi connectivity index (χ0) is 14.4. The van der Waals surface area contributed by atoms with Crippen molar-refractivity contribution in [2.24, 2.45) is 5.92 Å². The van der Waals surface area contributed by atoms with Gasteiger partial charge >= 0.3 is 5.97 Å².